The van der Waals surface area contributed by atoms with Gasteiger partial charge in [0.1, 0.15) is 0 Å². The van der Waals surface area contributed by atoms with E-state index in [0.29, 0.717) is 0 Å². The summed E-state index contributed by atoms with van der Waals surface area (Å²) in [6.45, 7) is 0. The second-order valence-corrected chi connectivity index (χ2v) is 2.99. The molecule has 0 aromatic rings. The highest BCUT2D eigenvalue weighted by molar-refractivity contribution is 5.87. The number of hydrogen-bond donors (Lipinski definition) is 2. The van der Waals surface area contributed by atoms with Crippen LogP contribution in [-0.4, -0.2) is 34.1 Å². The van der Waals surface area contributed by atoms with Gasteiger partial charge in [-0.2, -0.15) is 0 Å². The van der Waals surface area contributed by atoms with Gasteiger partial charge >= 0.3 is 23.9 Å². The quantitative estimate of drug-likeness (QED) is 0.474. The van der Waals surface area contributed by atoms with E-state index in [1.54, 1.807) is 0 Å². The molecule has 90 valence electrons. The molecule has 0 bridgehead atoms. The van der Waals surface area contributed by atoms with Gasteiger partial charge < -0.3 is 14.9 Å². The Hall–Kier alpha value is -1.92. The Balaban J connectivity index is 3.66. The molecule has 0 aromatic heterocycles. The van der Waals surface area contributed by atoms with Crippen LogP contribution < -0.4 is 0 Å². The molecule has 0 saturated carbocycles. The third kappa shape index (κ3) is 8.67. The van der Waals surface area contributed by atoms with Crippen LogP contribution in [0.2, 0.25) is 0 Å². The minimum absolute atomic E-state index is 0.0837. The predicted molar refractivity (Wildman–Crippen MR) is 49.5 cm³/mol. The number of carbonyl (C=O) groups is 4. The van der Waals surface area contributed by atoms with Crippen LogP contribution in [0.5, 0.6) is 0 Å². The van der Waals surface area contributed by atoms with Crippen molar-refractivity contribution < 1.29 is 34.1 Å². The first-order valence-electron chi connectivity index (χ1n) is 4.59. The zero-order valence-corrected chi connectivity index (χ0v) is 8.47. The third-order valence-electron chi connectivity index (χ3n) is 1.54. The molecule has 2 N–H and O–H groups in total. The number of ether oxygens (including phenoxy) is 1. The van der Waals surface area contributed by atoms with Crippen LogP contribution in [0.15, 0.2) is 0 Å². The minimum Gasteiger partial charge on any atom is -0.481 e. The monoisotopic (exact) mass is 232 g/mol. The van der Waals surface area contributed by atoms with Gasteiger partial charge in [0.25, 0.3) is 0 Å². The van der Waals surface area contributed by atoms with Crippen LogP contribution >= 0.6 is 0 Å². The summed E-state index contributed by atoms with van der Waals surface area (Å²) < 4.78 is 4.25. The first-order chi connectivity index (χ1) is 7.41. The summed E-state index contributed by atoms with van der Waals surface area (Å²) in [4.78, 5) is 41.9. The predicted octanol–water partition coefficient (Wildman–Crippen LogP) is 0.176. The maximum Gasteiger partial charge on any atom is 0.314 e. The van der Waals surface area contributed by atoms with Gasteiger partial charge in [0.05, 0.1) is 12.8 Å². The summed E-state index contributed by atoms with van der Waals surface area (Å²) in [5, 5.41) is 16.5. The van der Waals surface area contributed by atoms with E-state index >= 15 is 0 Å². The molecule has 16 heavy (non-hydrogen) atoms. The topological polar surface area (TPSA) is 118 Å². The molecule has 0 aliphatic heterocycles. The average molecular weight is 232 g/mol. The highest BCUT2D eigenvalue weighted by Crippen LogP contribution is 2.00. The number of esters is 2. The van der Waals surface area contributed by atoms with Crippen molar-refractivity contribution in [2.24, 2.45) is 0 Å². The molecule has 0 aliphatic rings. The van der Waals surface area contributed by atoms with E-state index < -0.39 is 30.3 Å². The van der Waals surface area contributed by atoms with Crippen molar-refractivity contribution in [1.29, 1.82) is 0 Å². The van der Waals surface area contributed by atoms with Crippen molar-refractivity contribution >= 4 is 23.9 Å². The molecule has 0 radical (unpaired) electrons. The molecule has 0 atom stereocenters. The highest BCUT2D eigenvalue weighted by Gasteiger charge is 2.12. The first-order valence-corrected chi connectivity index (χ1v) is 4.59. The lowest BCUT2D eigenvalue weighted by molar-refractivity contribution is -0.161. The van der Waals surface area contributed by atoms with E-state index in [4.69, 9.17) is 10.2 Å². The van der Waals surface area contributed by atoms with Crippen molar-refractivity contribution in [2.45, 2.75) is 32.1 Å². The second-order valence-electron chi connectivity index (χ2n) is 2.99. The Bertz CT molecular complexity index is 294. The molecule has 0 spiro atoms. The summed E-state index contributed by atoms with van der Waals surface area (Å²) in [5.41, 5.74) is 0. The van der Waals surface area contributed by atoms with E-state index in [2.05, 4.69) is 4.74 Å². The molecular weight excluding hydrogens is 220 g/mol. The van der Waals surface area contributed by atoms with E-state index in [1.807, 2.05) is 0 Å². The number of carboxylic acids is 2. The largest absolute Gasteiger partial charge is 0.481 e. The van der Waals surface area contributed by atoms with Crippen molar-refractivity contribution in [3.05, 3.63) is 0 Å². The molecular formula is C9H12O7. The van der Waals surface area contributed by atoms with Crippen LogP contribution in [-0.2, 0) is 23.9 Å². The normalized spacial score (nSPS) is 9.50. The van der Waals surface area contributed by atoms with E-state index in [0.717, 1.165) is 0 Å². The summed E-state index contributed by atoms with van der Waals surface area (Å²) in [6.07, 6.45) is -1.05. The number of carboxylic acid groups (broad SMARTS) is 2. The molecule has 0 aromatic carbocycles. The zero-order chi connectivity index (χ0) is 12.6. The smallest absolute Gasteiger partial charge is 0.314 e. The Morgan fingerprint density at radius 3 is 1.75 bits per heavy atom. The molecule has 0 heterocycles. The first kappa shape index (κ1) is 14.1. The lowest BCUT2D eigenvalue weighted by atomic mass is 10.2. The van der Waals surface area contributed by atoms with Crippen molar-refractivity contribution in [3.63, 3.8) is 0 Å². The third-order valence-corrected chi connectivity index (χ3v) is 1.54. The van der Waals surface area contributed by atoms with Crippen molar-refractivity contribution in [2.75, 3.05) is 0 Å². The Labute approximate surface area is 91.0 Å². The maximum absolute atomic E-state index is 10.9. The highest BCUT2D eigenvalue weighted by atomic mass is 16.6. The Kier molecular flexibility index (Phi) is 6.50. The standard InChI is InChI=1S/C9H12O7/c10-6(11)2-1-3-8(14)16-9(15)5-4-7(12)13/h1-5H2,(H,10,11)(H,12,13). The van der Waals surface area contributed by atoms with Crippen LogP contribution in [0.1, 0.15) is 32.1 Å². The van der Waals surface area contributed by atoms with Crippen LogP contribution in [0.4, 0.5) is 0 Å². The number of rotatable bonds is 7. The van der Waals surface area contributed by atoms with Crippen LogP contribution in [0.3, 0.4) is 0 Å². The minimum atomic E-state index is -1.16. The van der Waals surface area contributed by atoms with Gasteiger partial charge in [-0.15, -0.1) is 0 Å². The van der Waals surface area contributed by atoms with Gasteiger partial charge in [-0.25, -0.2) is 0 Å². The molecule has 0 amide bonds. The zero-order valence-electron chi connectivity index (χ0n) is 8.47. The van der Waals surface area contributed by atoms with E-state index in [1.165, 1.54) is 0 Å². The summed E-state index contributed by atoms with van der Waals surface area (Å²) in [5.74, 6) is -3.94. The van der Waals surface area contributed by atoms with Gasteiger partial charge in [0, 0.05) is 12.8 Å². The van der Waals surface area contributed by atoms with Crippen molar-refractivity contribution in [3.8, 4) is 0 Å². The van der Waals surface area contributed by atoms with Gasteiger partial charge in [0.2, 0.25) is 0 Å². The lowest BCUT2D eigenvalue weighted by Gasteiger charge is -2.00. The molecule has 0 unspecified atom stereocenters. The molecule has 0 saturated heterocycles. The second kappa shape index (κ2) is 7.38. The van der Waals surface area contributed by atoms with Gasteiger partial charge in [-0.1, -0.05) is 0 Å². The number of carbonyl (C=O) groups excluding carboxylic acids is 2. The Morgan fingerprint density at radius 2 is 1.25 bits per heavy atom. The summed E-state index contributed by atoms with van der Waals surface area (Å²) in [6, 6.07) is 0. The molecule has 7 nitrogen and oxygen atoms in total. The summed E-state index contributed by atoms with van der Waals surface area (Å²) in [7, 11) is 0. The van der Waals surface area contributed by atoms with Gasteiger partial charge in [0.15, 0.2) is 0 Å². The van der Waals surface area contributed by atoms with Gasteiger partial charge in [-0.05, 0) is 6.42 Å². The van der Waals surface area contributed by atoms with Crippen molar-refractivity contribution in [1.82, 2.24) is 0 Å². The maximum atomic E-state index is 10.9. The number of hydrogen-bond acceptors (Lipinski definition) is 5. The molecule has 0 rings (SSSR count). The van der Waals surface area contributed by atoms with Gasteiger partial charge in [-0.3, -0.25) is 19.2 Å². The number of aliphatic carboxylic acids is 2. The molecule has 0 aliphatic carbocycles. The van der Waals surface area contributed by atoms with E-state index in [-0.39, 0.29) is 25.7 Å². The fourth-order valence-corrected chi connectivity index (χ4v) is 0.822. The molecule has 7 heteroatoms. The Morgan fingerprint density at radius 1 is 0.750 bits per heavy atom. The average Bonchev–Trinajstić information content (AvgIpc) is 2.14. The fraction of sp³-hybridized carbons (Fsp3) is 0.556. The van der Waals surface area contributed by atoms with E-state index in [9.17, 15) is 19.2 Å². The SMILES string of the molecule is O=C(O)CCCC(=O)OC(=O)CCC(=O)O. The summed E-state index contributed by atoms with van der Waals surface area (Å²) >= 11 is 0. The fourth-order valence-electron chi connectivity index (χ4n) is 0.822. The van der Waals surface area contributed by atoms with Crippen LogP contribution in [0.25, 0.3) is 0 Å². The molecule has 0 fully saturated rings. The van der Waals surface area contributed by atoms with Crippen LogP contribution in [0, 0.1) is 0 Å². The lowest BCUT2D eigenvalue weighted by Crippen LogP contribution is -2.13.